The molecule has 0 saturated heterocycles. The Hall–Kier alpha value is -1.59. The van der Waals surface area contributed by atoms with Crippen LogP contribution in [0.2, 0.25) is 5.02 Å². The van der Waals surface area contributed by atoms with E-state index in [0.717, 1.165) is 5.56 Å². The highest BCUT2D eigenvalue weighted by molar-refractivity contribution is 9.10. The molecule has 0 fully saturated rings. The number of rotatable bonds is 6. The third-order valence-corrected chi connectivity index (χ3v) is 4.05. The van der Waals surface area contributed by atoms with Crippen molar-refractivity contribution < 1.29 is 13.9 Å². The Balaban J connectivity index is 1.81. The first kappa shape index (κ1) is 17.8. The summed E-state index contributed by atoms with van der Waals surface area (Å²) in [7, 11) is 0. The topological polar surface area (TPSA) is 38.3 Å². The molecule has 6 heteroatoms. The summed E-state index contributed by atoms with van der Waals surface area (Å²) >= 11 is 9.21. The molecule has 3 nitrogen and oxygen atoms in total. The number of benzene rings is 2. The van der Waals surface area contributed by atoms with Crippen LogP contribution in [0.3, 0.4) is 0 Å². The molecule has 2 rings (SSSR count). The van der Waals surface area contributed by atoms with E-state index in [0.29, 0.717) is 28.2 Å². The first-order valence-corrected chi connectivity index (χ1v) is 8.26. The Morgan fingerprint density at radius 1 is 1.30 bits per heavy atom. The summed E-state index contributed by atoms with van der Waals surface area (Å²) in [5.41, 5.74) is 0.959. The molecule has 23 heavy (non-hydrogen) atoms. The van der Waals surface area contributed by atoms with Gasteiger partial charge in [0.25, 0.3) is 5.91 Å². The third kappa shape index (κ3) is 5.52. The zero-order valence-electron chi connectivity index (χ0n) is 12.5. The van der Waals surface area contributed by atoms with Gasteiger partial charge in [-0.2, -0.15) is 0 Å². The van der Waals surface area contributed by atoms with Gasteiger partial charge in [0.15, 0.2) is 6.10 Å². The molecule has 0 bridgehead atoms. The number of ether oxygens (including phenoxy) is 1. The molecule has 0 aromatic heterocycles. The van der Waals surface area contributed by atoms with E-state index in [1.165, 1.54) is 12.1 Å². The van der Waals surface area contributed by atoms with Crippen molar-refractivity contribution in [2.75, 3.05) is 6.54 Å². The second kappa shape index (κ2) is 8.31. The average Bonchev–Trinajstić information content (AvgIpc) is 2.51. The van der Waals surface area contributed by atoms with Gasteiger partial charge in [-0.25, -0.2) is 4.39 Å². The number of nitrogens with one attached hydrogen (secondary N) is 1. The van der Waals surface area contributed by atoms with E-state index in [9.17, 15) is 9.18 Å². The van der Waals surface area contributed by atoms with Crippen molar-refractivity contribution in [2.45, 2.75) is 19.4 Å². The number of amides is 1. The molecule has 0 aliphatic carbocycles. The van der Waals surface area contributed by atoms with Crippen molar-refractivity contribution in [3.8, 4) is 5.75 Å². The number of carbonyl (C=O) groups excluding carboxylic acids is 1. The zero-order chi connectivity index (χ0) is 16.8. The molecule has 0 aliphatic rings. The maximum Gasteiger partial charge on any atom is 0.260 e. The van der Waals surface area contributed by atoms with Gasteiger partial charge in [-0.15, -0.1) is 0 Å². The first-order valence-electron chi connectivity index (χ1n) is 7.09. The SMILES string of the molecule is C[C@@H](Oc1ccc(Cl)cc1Br)C(=O)NCCc1ccc(F)cc1. The number of carbonyl (C=O) groups is 1. The molecule has 2 aromatic carbocycles. The van der Waals surface area contributed by atoms with Crippen LogP contribution < -0.4 is 10.1 Å². The minimum absolute atomic E-state index is 0.214. The highest BCUT2D eigenvalue weighted by Gasteiger charge is 2.15. The van der Waals surface area contributed by atoms with Gasteiger partial charge < -0.3 is 10.1 Å². The van der Waals surface area contributed by atoms with Crippen LogP contribution in [0.25, 0.3) is 0 Å². The number of hydrogen-bond donors (Lipinski definition) is 1. The van der Waals surface area contributed by atoms with Gasteiger partial charge in [0.05, 0.1) is 4.47 Å². The lowest BCUT2D eigenvalue weighted by Crippen LogP contribution is -2.37. The zero-order valence-corrected chi connectivity index (χ0v) is 14.8. The van der Waals surface area contributed by atoms with Crippen LogP contribution in [0.15, 0.2) is 46.9 Å². The Morgan fingerprint density at radius 3 is 2.65 bits per heavy atom. The highest BCUT2D eigenvalue weighted by Crippen LogP contribution is 2.28. The van der Waals surface area contributed by atoms with E-state index in [1.807, 2.05) is 0 Å². The van der Waals surface area contributed by atoms with Crippen LogP contribution in [0, 0.1) is 5.82 Å². The summed E-state index contributed by atoms with van der Waals surface area (Å²) in [5, 5.41) is 3.38. The predicted octanol–water partition coefficient (Wildman–Crippen LogP) is 4.37. The fourth-order valence-electron chi connectivity index (χ4n) is 1.94. The van der Waals surface area contributed by atoms with Gasteiger partial charge in [-0.3, -0.25) is 4.79 Å². The summed E-state index contributed by atoms with van der Waals surface area (Å²) in [6.07, 6.45) is -0.00989. The second-order valence-corrected chi connectivity index (χ2v) is 6.29. The van der Waals surface area contributed by atoms with E-state index in [4.69, 9.17) is 16.3 Å². The first-order chi connectivity index (χ1) is 11.0. The van der Waals surface area contributed by atoms with E-state index in [1.54, 1.807) is 37.3 Å². The summed E-state index contributed by atoms with van der Waals surface area (Å²) in [5.74, 6) is 0.0675. The smallest absolute Gasteiger partial charge is 0.260 e. The van der Waals surface area contributed by atoms with Crippen LogP contribution in [-0.2, 0) is 11.2 Å². The van der Waals surface area contributed by atoms with E-state index in [-0.39, 0.29) is 11.7 Å². The normalized spacial score (nSPS) is 11.8. The molecule has 1 atom stereocenters. The van der Waals surface area contributed by atoms with E-state index < -0.39 is 6.10 Å². The van der Waals surface area contributed by atoms with Crippen LogP contribution in [-0.4, -0.2) is 18.6 Å². The monoisotopic (exact) mass is 399 g/mol. The van der Waals surface area contributed by atoms with E-state index in [2.05, 4.69) is 21.2 Å². The van der Waals surface area contributed by atoms with Gasteiger partial charge in [0.2, 0.25) is 0 Å². The largest absolute Gasteiger partial charge is 0.480 e. The number of halogens is 3. The molecule has 0 saturated carbocycles. The standard InChI is InChI=1S/C17H16BrClFNO2/c1-11(23-16-7-4-13(19)10-15(16)18)17(22)21-9-8-12-2-5-14(20)6-3-12/h2-7,10-11H,8-9H2,1H3,(H,21,22)/t11-/m1/s1. The van der Waals surface area contributed by atoms with Crippen molar-refractivity contribution in [3.63, 3.8) is 0 Å². The fraction of sp³-hybridized carbons (Fsp3) is 0.235. The molecule has 0 heterocycles. The fourth-order valence-corrected chi connectivity index (χ4v) is 2.72. The lowest BCUT2D eigenvalue weighted by atomic mass is 10.1. The Bertz CT molecular complexity index is 679. The molecule has 1 amide bonds. The second-order valence-electron chi connectivity index (χ2n) is 5.00. The van der Waals surface area contributed by atoms with Crippen LogP contribution in [0.4, 0.5) is 4.39 Å². The lowest BCUT2D eigenvalue weighted by molar-refractivity contribution is -0.127. The van der Waals surface area contributed by atoms with E-state index >= 15 is 0 Å². The number of hydrogen-bond acceptors (Lipinski definition) is 2. The van der Waals surface area contributed by atoms with Crippen LogP contribution >= 0.6 is 27.5 Å². The van der Waals surface area contributed by atoms with Crippen molar-refractivity contribution in [3.05, 3.63) is 63.3 Å². The summed E-state index contributed by atoms with van der Waals surface area (Å²) in [6.45, 7) is 2.13. The van der Waals surface area contributed by atoms with Gasteiger partial charge >= 0.3 is 0 Å². The van der Waals surface area contributed by atoms with Gasteiger partial charge in [-0.1, -0.05) is 23.7 Å². The van der Waals surface area contributed by atoms with Gasteiger partial charge in [0.1, 0.15) is 11.6 Å². The Morgan fingerprint density at radius 2 is 2.00 bits per heavy atom. The molecular weight excluding hydrogens is 385 g/mol. The predicted molar refractivity (Wildman–Crippen MR) is 92.4 cm³/mol. The van der Waals surface area contributed by atoms with Crippen molar-refractivity contribution in [1.82, 2.24) is 5.32 Å². The maximum atomic E-state index is 12.8. The molecule has 0 unspecified atom stereocenters. The van der Waals surface area contributed by atoms with Crippen molar-refractivity contribution in [2.24, 2.45) is 0 Å². The summed E-state index contributed by atoms with van der Waals surface area (Å²) in [4.78, 5) is 12.0. The molecule has 1 N–H and O–H groups in total. The molecule has 2 aromatic rings. The quantitative estimate of drug-likeness (QED) is 0.782. The third-order valence-electron chi connectivity index (χ3n) is 3.19. The van der Waals surface area contributed by atoms with Crippen molar-refractivity contribution >= 4 is 33.4 Å². The summed E-state index contributed by atoms with van der Waals surface area (Å²) in [6, 6.07) is 11.3. The van der Waals surface area contributed by atoms with Gasteiger partial charge in [-0.05, 0) is 65.2 Å². The highest BCUT2D eigenvalue weighted by atomic mass is 79.9. The Labute approximate surface area is 147 Å². The minimum Gasteiger partial charge on any atom is -0.480 e. The minimum atomic E-state index is -0.638. The molecular formula is C17H16BrClFNO2. The lowest BCUT2D eigenvalue weighted by Gasteiger charge is -2.16. The summed E-state index contributed by atoms with van der Waals surface area (Å²) < 4.78 is 19.1. The molecule has 0 radical (unpaired) electrons. The molecule has 0 spiro atoms. The molecule has 122 valence electrons. The van der Waals surface area contributed by atoms with Gasteiger partial charge in [0, 0.05) is 11.6 Å². The molecule has 0 aliphatic heterocycles. The van der Waals surface area contributed by atoms with Crippen molar-refractivity contribution in [1.29, 1.82) is 0 Å². The average molecular weight is 401 g/mol. The van der Waals surface area contributed by atoms with Crippen LogP contribution in [0.5, 0.6) is 5.75 Å². The van der Waals surface area contributed by atoms with Crippen LogP contribution in [0.1, 0.15) is 12.5 Å². The Kier molecular flexibility index (Phi) is 6.42. The maximum absolute atomic E-state index is 12.8.